The number of hydrogen-bond donors (Lipinski definition) is 1. The van der Waals surface area contributed by atoms with Gasteiger partial charge in [0.2, 0.25) is 5.91 Å². The first kappa shape index (κ1) is 20.5. The molecule has 1 aromatic carbocycles. The highest BCUT2D eigenvalue weighted by Gasteiger charge is 2.22. The fraction of sp³-hybridized carbons (Fsp3) is 0.500. The standard InChI is InChI=1S/C20H29N3O2S/c1-14(2)22(15(3)4)19(25)13-26-20-21-11-18(12-24)23(20)16(5)17-9-7-6-8-10-17/h6-11,14-16,24H,12-13H2,1-5H3. The van der Waals surface area contributed by atoms with Gasteiger partial charge in [-0.3, -0.25) is 4.79 Å². The van der Waals surface area contributed by atoms with Gasteiger partial charge in [0, 0.05) is 12.1 Å². The van der Waals surface area contributed by atoms with Crippen molar-refractivity contribution < 1.29 is 9.90 Å². The van der Waals surface area contributed by atoms with E-state index in [2.05, 4.69) is 24.0 Å². The number of aliphatic hydroxyl groups is 1. The lowest BCUT2D eigenvalue weighted by Crippen LogP contribution is -2.43. The summed E-state index contributed by atoms with van der Waals surface area (Å²) in [6.45, 7) is 10.1. The molecule has 0 aliphatic carbocycles. The molecule has 1 aromatic heterocycles. The monoisotopic (exact) mass is 375 g/mol. The quantitative estimate of drug-likeness (QED) is 0.715. The Labute approximate surface area is 160 Å². The van der Waals surface area contributed by atoms with Crippen LogP contribution in [0.15, 0.2) is 41.7 Å². The maximum absolute atomic E-state index is 12.6. The topological polar surface area (TPSA) is 58.4 Å². The molecule has 1 heterocycles. The molecule has 0 aliphatic heterocycles. The Hall–Kier alpha value is -1.79. The van der Waals surface area contributed by atoms with Crippen molar-refractivity contribution in [3.63, 3.8) is 0 Å². The Balaban J connectivity index is 2.20. The van der Waals surface area contributed by atoms with Gasteiger partial charge in [-0.05, 0) is 40.2 Å². The van der Waals surface area contributed by atoms with E-state index in [-0.39, 0.29) is 30.6 Å². The van der Waals surface area contributed by atoms with Crippen molar-refractivity contribution in [3.8, 4) is 0 Å². The van der Waals surface area contributed by atoms with E-state index in [4.69, 9.17) is 0 Å². The second-order valence-corrected chi connectivity index (χ2v) is 7.87. The lowest BCUT2D eigenvalue weighted by molar-refractivity contribution is -0.131. The molecule has 0 saturated heterocycles. The third kappa shape index (κ3) is 4.68. The molecular formula is C20H29N3O2S. The van der Waals surface area contributed by atoms with Gasteiger partial charge in [-0.2, -0.15) is 0 Å². The number of benzene rings is 1. The molecule has 2 aromatic rings. The summed E-state index contributed by atoms with van der Waals surface area (Å²) in [5, 5.41) is 10.4. The predicted molar refractivity (Wildman–Crippen MR) is 106 cm³/mol. The molecule has 0 radical (unpaired) electrons. The fourth-order valence-corrected chi connectivity index (χ4v) is 4.21. The molecule has 1 atom stereocenters. The molecule has 2 rings (SSSR count). The molecule has 6 heteroatoms. The summed E-state index contributed by atoms with van der Waals surface area (Å²) in [6.07, 6.45) is 1.69. The van der Waals surface area contributed by atoms with E-state index in [1.54, 1.807) is 6.20 Å². The SMILES string of the molecule is CC(C)N(C(=O)CSc1ncc(CO)n1C(C)c1ccccc1)C(C)C. The van der Waals surface area contributed by atoms with Gasteiger partial charge in [0.15, 0.2) is 5.16 Å². The number of carbonyl (C=O) groups excluding carboxylic acids is 1. The molecular weight excluding hydrogens is 346 g/mol. The van der Waals surface area contributed by atoms with Crippen LogP contribution in [0, 0.1) is 0 Å². The number of aliphatic hydroxyl groups excluding tert-OH is 1. The van der Waals surface area contributed by atoms with Gasteiger partial charge in [0.25, 0.3) is 0 Å². The molecule has 1 amide bonds. The van der Waals surface area contributed by atoms with Gasteiger partial charge < -0.3 is 14.6 Å². The van der Waals surface area contributed by atoms with Gasteiger partial charge >= 0.3 is 0 Å². The Morgan fingerprint density at radius 3 is 2.31 bits per heavy atom. The van der Waals surface area contributed by atoms with Crippen molar-refractivity contribution >= 4 is 17.7 Å². The van der Waals surface area contributed by atoms with E-state index in [1.807, 2.05) is 55.4 Å². The Morgan fingerprint density at radius 1 is 1.15 bits per heavy atom. The highest BCUT2D eigenvalue weighted by Crippen LogP contribution is 2.28. The summed E-state index contributed by atoms with van der Waals surface area (Å²) in [5.41, 5.74) is 1.89. The molecule has 1 N–H and O–H groups in total. The second kappa shape index (κ2) is 9.24. The summed E-state index contributed by atoms with van der Waals surface area (Å²) in [4.78, 5) is 19.0. The number of nitrogens with zero attached hydrogens (tertiary/aromatic N) is 3. The van der Waals surface area contributed by atoms with Crippen LogP contribution < -0.4 is 0 Å². The summed E-state index contributed by atoms with van der Waals surface area (Å²) in [6, 6.07) is 10.5. The molecule has 0 spiro atoms. The van der Waals surface area contributed by atoms with E-state index in [9.17, 15) is 9.90 Å². The summed E-state index contributed by atoms with van der Waals surface area (Å²) in [7, 11) is 0. The van der Waals surface area contributed by atoms with Crippen LogP contribution >= 0.6 is 11.8 Å². The van der Waals surface area contributed by atoms with Crippen molar-refractivity contribution in [2.45, 2.75) is 64.5 Å². The van der Waals surface area contributed by atoms with E-state index >= 15 is 0 Å². The van der Waals surface area contributed by atoms with Crippen LogP contribution in [0.1, 0.15) is 51.9 Å². The zero-order valence-electron chi connectivity index (χ0n) is 16.2. The molecule has 5 nitrogen and oxygen atoms in total. The molecule has 1 unspecified atom stereocenters. The summed E-state index contributed by atoms with van der Waals surface area (Å²) < 4.78 is 2.02. The first-order valence-corrected chi connectivity index (χ1v) is 10.0. The number of amides is 1. The first-order valence-electron chi connectivity index (χ1n) is 9.02. The van der Waals surface area contributed by atoms with Crippen LogP contribution in [-0.4, -0.2) is 43.3 Å². The van der Waals surface area contributed by atoms with Crippen molar-refractivity contribution in [2.24, 2.45) is 0 Å². The summed E-state index contributed by atoms with van der Waals surface area (Å²) in [5.74, 6) is 0.437. The van der Waals surface area contributed by atoms with Crippen LogP contribution in [0.2, 0.25) is 0 Å². The zero-order chi connectivity index (χ0) is 19.3. The minimum Gasteiger partial charge on any atom is -0.390 e. The Morgan fingerprint density at radius 2 is 1.77 bits per heavy atom. The number of aromatic nitrogens is 2. The van der Waals surface area contributed by atoms with Crippen molar-refractivity contribution in [3.05, 3.63) is 47.8 Å². The van der Waals surface area contributed by atoms with Gasteiger partial charge in [-0.1, -0.05) is 42.1 Å². The third-order valence-electron chi connectivity index (χ3n) is 4.40. The maximum Gasteiger partial charge on any atom is 0.233 e. The van der Waals surface area contributed by atoms with Crippen LogP contribution in [0.5, 0.6) is 0 Å². The van der Waals surface area contributed by atoms with Gasteiger partial charge in [0.05, 0.1) is 30.3 Å². The molecule has 0 saturated carbocycles. The average molecular weight is 376 g/mol. The van der Waals surface area contributed by atoms with Crippen LogP contribution in [0.3, 0.4) is 0 Å². The van der Waals surface area contributed by atoms with E-state index in [0.29, 0.717) is 5.75 Å². The van der Waals surface area contributed by atoms with Crippen molar-refractivity contribution in [1.29, 1.82) is 0 Å². The number of thioether (sulfide) groups is 1. The molecule has 0 fully saturated rings. The molecule has 0 bridgehead atoms. The lowest BCUT2D eigenvalue weighted by atomic mass is 10.1. The zero-order valence-corrected chi connectivity index (χ0v) is 17.0. The van der Waals surface area contributed by atoms with E-state index < -0.39 is 0 Å². The highest BCUT2D eigenvalue weighted by atomic mass is 32.2. The molecule has 0 aliphatic rings. The number of hydrogen-bond acceptors (Lipinski definition) is 4. The van der Waals surface area contributed by atoms with E-state index in [0.717, 1.165) is 16.4 Å². The van der Waals surface area contributed by atoms with Gasteiger partial charge in [-0.25, -0.2) is 4.98 Å². The maximum atomic E-state index is 12.6. The molecule has 142 valence electrons. The Kier molecular flexibility index (Phi) is 7.29. The van der Waals surface area contributed by atoms with E-state index in [1.165, 1.54) is 11.8 Å². The lowest BCUT2D eigenvalue weighted by Gasteiger charge is -2.30. The van der Waals surface area contributed by atoms with Gasteiger partial charge in [-0.15, -0.1) is 0 Å². The summed E-state index contributed by atoms with van der Waals surface area (Å²) >= 11 is 1.43. The minimum absolute atomic E-state index is 0.0322. The number of imidazole rings is 1. The average Bonchev–Trinajstić information content (AvgIpc) is 3.02. The Bertz CT molecular complexity index is 705. The predicted octanol–water partition coefficient (Wildman–Crippen LogP) is 3.72. The molecule has 26 heavy (non-hydrogen) atoms. The smallest absolute Gasteiger partial charge is 0.233 e. The van der Waals surface area contributed by atoms with Crippen molar-refractivity contribution in [2.75, 3.05) is 5.75 Å². The third-order valence-corrected chi connectivity index (χ3v) is 5.35. The van der Waals surface area contributed by atoms with Crippen LogP contribution in [-0.2, 0) is 11.4 Å². The van der Waals surface area contributed by atoms with Crippen molar-refractivity contribution in [1.82, 2.24) is 14.5 Å². The van der Waals surface area contributed by atoms with Crippen LogP contribution in [0.4, 0.5) is 0 Å². The number of rotatable bonds is 8. The highest BCUT2D eigenvalue weighted by molar-refractivity contribution is 7.99. The van der Waals surface area contributed by atoms with Crippen LogP contribution in [0.25, 0.3) is 0 Å². The normalized spacial score (nSPS) is 12.6. The first-order chi connectivity index (χ1) is 12.4. The second-order valence-electron chi connectivity index (χ2n) is 6.92. The minimum atomic E-state index is -0.0806. The largest absolute Gasteiger partial charge is 0.390 e. The number of carbonyl (C=O) groups is 1. The fourth-order valence-electron chi connectivity index (χ4n) is 3.27. The van der Waals surface area contributed by atoms with Gasteiger partial charge in [0.1, 0.15) is 0 Å².